The van der Waals surface area contributed by atoms with Gasteiger partial charge in [-0.3, -0.25) is 14.4 Å². The van der Waals surface area contributed by atoms with E-state index in [4.69, 9.17) is 23.7 Å². The van der Waals surface area contributed by atoms with Gasteiger partial charge in [-0.2, -0.15) is 0 Å². The normalized spacial score (nSPS) is 41.1. The highest BCUT2D eigenvalue weighted by Crippen LogP contribution is 2.73. The number of aliphatic hydroxyl groups is 1. The van der Waals surface area contributed by atoms with Crippen molar-refractivity contribution in [1.29, 1.82) is 0 Å². The highest BCUT2D eigenvalue weighted by molar-refractivity contribution is 5.88. The van der Waals surface area contributed by atoms with Gasteiger partial charge in [-0.05, 0) is 36.6 Å². The van der Waals surface area contributed by atoms with Gasteiger partial charge in [0.25, 0.3) is 0 Å². The summed E-state index contributed by atoms with van der Waals surface area (Å²) in [5.74, 6) is -3.15. The van der Waals surface area contributed by atoms with E-state index in [9.17, 15) is 19.5 Å². The van der Waals surface area contributed by atoms with Crippen LogP contribution >= 0.6 is 0 Å². The van der Waals surface area contributed by atoms with Crippen molar-refractivity contribution >= 4 is 17.9 Å². The van der Waals surface area contributed by atoms with Crippen molar-refractivity contribution in [3.63, 3.8) is 0 Å². The van der Waals surface area contributed by atoms with Gasteiger partial charge in [-0.25, -0.2) is 0 Å². The zero-order valence-electron chi connectivity index (χ0n) is 19.6. The maximum Gasteiger partial charge on any atom is 0.324 e. The fourth-order valence-corrected chi connectivity index (χ4v) is 6.94. The van der Waals surface area contributed by atoms with Crippen molar-refractivity contribution < 1.29 is 43.2 Å². The highest BCUT2D eigenvalue weighted by atomic mass is 16.6. The molecule has 2 bridgehead atoms. The zero-order valence-corrected chi connectivity index (χ0v) is 19.6. The maximum atomic E-state index is 13.4. The number of esters is 3. The molecule has 182 valence electrons. The molecular formula is C25H28O9. The Labute approximate surface area is 197 Å². The molecule has 0 aromatic heterocycles. The van der Waals surface area contributed by atoms with Gasteiger partial charge in [0.2, 0.25) is 5.79 Å². The molecule has 1 aliphatic heterocycles. The Morgan fingerprint density at radius 1 is 1.18 bits per heavy atom. The molecule has 1 N–H and O–H groups in total. The smallest absolute Gasteiger partial charge is 0.324 e. The highest BCUT2D eigenvalue weighted by Gasteiger charge is 2.77. The van der Waals surface area contributed by atoms with E-state index < -0.39 is 52.1 Å². The summed E-state index contributed by atoms with van der Waals surface area (Å²) in [6.07, 6.45) is 4.88. The quantitative estimate of drug-likeness (QED) is 0.373. The molecule has 5 aliphatic rings. The summed E-state index contributed by atoms with van der Waals surface area (Å²) in [6, 6.07) is 0. The molecule has 1 heterocycles. The Hall–Kier alpha value is -3.07. The van der Waals surface area contributed by atoms with Gasteiger partial charge in [0.1, 0.15) is 23.2 Å². The minimum absolute atomic E-state index is 0.190. The lowest BCUT2D eigenvalue weighted by Crippen LogP contribution is -2.62. The standard InChI is InChI=1S/C25H28O9/c1-13-10-22-12-23(13,33-15(3)27)8-9-25(22,29)34-16-6-7-18(32-14(2)26)24(21(28)31-5)11-17(30-4)19(22)20(16)24/h6-7,11,18-19,29H,1,8-10,12H2,2-5H3. The lowest BCUT2D eigenvalue weighted by atomic mass is 9.56. The molecule has 9 heteroatoms. The first kappa shape index (κ1) is 22.7. The Kier molecular flexibility index (Phi) is 4.66. The summed E-state index contributed by atoms with van der Waals surface area (Å²) in [4.78, 5) is 37.3. The molecule has 9 nitrogen and oxygen atoms in total. The molecule has 0 amide bonds. The molecule has 5 rings (SSSR count). The van der Waals surface area contributed by atoms with Gasteiger partial charge >= 0.3 is 17.9 Å². The van der Waals surface area contributed by atoms with Crippen LogP contribution in [0.3, 0.4) is 0 Å². The maximum absolute atomic E-state index is 13.4. The molecular weight excluding hydrogens is 444 g/mol. The third-order valence-electron chi connectivity index (χ3n) is 8.17. The second kappa shape index (κ2) is 6.97. The summed E-state index contributed by atoms with van der Waals surface area (Å²) >= 11 is 0. The zero-order chi connectivity index (χ0) is 24.7. The van der Waals surface area contributed by atoms with E-state index in [0.29, 0.717) is 29.1 Å². The van der Waals surface area contributed by atoms with Gasteiger partial charge in [0, 0.05) is 32.3 Å². The van der Waals surface area contributed by atoms with E-state index in [0.717, 1.165) is 0 Å². The number of rotatable bonds is 4. The number of fused-ring (bicyclic) bond motifs is 1. The first-order valence-corrected chi connectivity index (χ1v) is 11.2. The molecule has 0 aromatic carbocycles. The SMILES string of the molecule is C=C1CC23CC1(OC(C)=O)CCC2(O)OC1=C2C3C(OC)=CC2(C(=O)OC)C(OC(C)=O)C=C1. The topological polar surface area (TPSA) is 118 Å². The minimum atomic E-state index is -1.62. The summed E-state index contributed by atoms with van der Waals surface area (Å²) in [5, 5.41) is 11.9. The fourth-order valence-electron chi connectivity index (χ4n) is 6.94. The molecule has 6 atom stereocenters. The van der Waals surface area contributed by atoms with Crippen LogP contribution in [0.15, 0.2) is 47.5 Å². The van der Waals surface area contributed by atoms with E-state index in [1.54, 1.807) is 18.2 Å². The van der Waals surface area contributed by atoms with Crippen molar-refractivity contribution in [1.82, 2.24) is 0 Å². The average molecular weight is 472 g/mol. The van der Waals surface area contributed by atoms with Crippen molar-refractivity contribution in [2.24, 2.45) is 16.7 Å². The van der Waals surface area contributed by atoms with E-state index in [-0.39, 0.29) is 19.3 Å². The Morgan fingerprint density at radius 2 is 1.91 bits per heavy atom. The van der Waals surface area contributed by atoms with Crippen molar-refractivity contribution in [2.45, 2.75) is 57.0 Å². The van der Waals surface area contributed by atoms with Crippen LogP contribution in [0.5, 0.6) is 0 Å². The van der Waals surface area contributed by atoms with Crippen LogP contribution in [-0.4, -0.2) is 54.7 Å². The van der Waals surface area contributed by atoms with Gasteiger partial charge in [0.15, 0.2) is 5.41 Å². The molecule has 6 unspecified atom stereocenters. The average Bonchev–Trinajstić information content (AvgIpc) is 3.25. The Bertz CT molecular complexity index is 1120. The molecule has 0 saturated heterocycles. The van der Waals surface area contributed by atoms with Crippen LogP contribution in [0.2, 0.25) is 0 Å². The predicted octanol–water partition coefficient (Wildman–Crippen LogP) is 2.21. The summed E-state index contributed by atoms with van der Waals surface area (Å²) < 4.78 is 28.6. The van der Waals surface area contributed by atoms with Crippen LogP contribution in [0.1, 0.15) is 39.5 Å². The summed E-state index contributed by atoms with van der Waals surface area (Å²) in [6.45, 7) is 6.82. The fraction of sp³-hybridized carbons (Fsp3) is 0.560. The molecule has 2 fully saturated rings. The third kappa shape index (κ3) is 2.56. The van der Waals surface area contributed by atoms with Crippen LogP contribution in [0.25, 0.3) is 0 Å². The van der Waals surface area contributed by atoms with Gasteiger partial charge in [-0.15, -0.1) is 0 Å². The van der Waals surface area contributed by atoms with Gasteiger partial charge < -0.3 is 28.8 Å². The van der Waals surface area contributed by atoms with E-state index >= 15 is 0 Å². The van der Waals surface area contributed by atoms with Crippen molar-refractivity contribution in [3.8, 4) is 0 Å². The minimum Gasteiger partial charge on any atom is -0.501 e. The van der Waals surface area contributed by atoms with E-state index in [1.165, 1.54) is 28.1 Å². The monoisotopic (exact) mass is 472 g/mol. The van der Waals surface area contributed by atoms with Crippen molar-refractivity contribution in [3.05, 3.63) is 47.5 Å². The number of hydrogen-bond donors (Lipinski definition) is 1. The Balaban J connectivity index is 1.74. The summed E-state index contributed by atoms with van der Waals surface area (Å²) in [7, 11) is 2.75. The third-order valence-corrected chi connectivity index (χ3v) is 8.17. The van der Waals surface area contributed by atoms with E-state index in [1.807, 2.05) is 0 Å². The molecule has 4 aliphatic carbocycles. The molecule has 34 heavy (non-hydrogen) atoms. The first-order chi connectivity index (χ1) is 16.0. The molecule has 0 aromatic rings. The van der Waals surface area contributed by atoms with E-state index in [2.05, 4.69) is 6.58 Å². The molecule has 0 radical (unpaired) electrons. The summed E-state index contributed by atoms with van der Waals surface area (Å²) in [5.41, 5.74) is -2.32. The lowest BCUT2D eigenvalue weighted by molar-refractivity contribution is -0.298. The number of ether oxygens (including phenoxy) is 5. The number of hydrogen-bond acceptors (Lipinski definition) is 9. The molecule has 1 spiro atoms. The van der Waals surface area contributed by atoms with Gasteiger partial charge in [0.05, 0.1) is 25.6 Å². The first-order valence-electron chi connectivity index (χ1n) is 11.2. The second-order valence-electron chi connectivity index (χ2n) is 9.80. The van der Waals surface area contributed by atoms with Gasteiger partial charge in [-0.1, -0.05) is 6.58 Å². The van der Waals surface area contributed by atoms with Crippen LogP contribution in [0, 0.1) is 16.7 Å². The number of carbonyl (C=O) groups excluding carboxylic acids is 3. The predicted molar refractivity (Wildman–Crippen MR) is 115 cm³/mol. The van der Waals surface area contributed by atoms with Crippen LogP contribution < -0.4 is 0 Å². The largest absolute Gasteiger partial charge is 0.501 e. The molecule has 2 saturated carbocycles. The van der Waals surface area contributed by atoms with Crippen LogP contribution in [0.4, 0.5) is 0 Å². The van der Waals surface area contributed by atoms with Crippen LogP contribution in [-0.2, 0) is 38.1 Å². The lowest BCUT2D eigenvalue weighted by Gasteiger charge is -2.57. The number of methoxy groups -OCH3 is 2. The Morgan fingerprint density at radius 3 is 2.53 bits per heavy atom. The number of carbonyl (C=O) groups is 3. The second-order valence-corrected chi connectivity index (χ2v) is 9.80. The number of allylic oxidation sites excluding steroid dienone is 2. The van der Waals surface area contributed by atoms with Crippen molar-refractivity contribution in [2.75, 3.05) is 14.2 Å².